The molecule has 1 aromatic rings. The zero-order valence-electron chi connectivity index (χ0n) is 12.1. The van der Waals surface area contributed by atoms with Crippen molar-refractivity contribution in [2.75, 3.05) is 20.7 Å². The van der Waals surface area contributed by atoms with Gasteiger partial charge in [-0.05, 0) is 43.6 Å². The van der Waals surface area contributed by atoms with Gasteiger partial charge < -0.3 is 15.4 Å². The minimum absolute atomic E-state index is 0.576. The van der Waals surface area contributed by atoms with E-state index >= 15 is 0 Å². The van der Waals surface area contributed by atoms with Crippen molar-refractivity contribution in [3.05, 3.63) is 29.3 Å². The molecule has 0 fully saturated rings. The number of hydrogen-bond donors (Lipinski definition) is 1. The molecule has 3 nitrogen and oxygen atoms in total. The van der Waals surface area contributed by atoms with Gasteiger partial charge in [0.2, 0.25) is 0 Å². The molecule has 2 N–H and O–H groups in total. The Morgan fingerprint density at radius 1 is 1.33 bits per heavy atom. The van der Waals surface area contributed by atoms with Crippen molar-refractivity contribution in [2.45, 2.75) is 33.4 Å². The normalized spacial score (nSPS) is 11.3. The van der Waals surface area contributed by atoms with E-state index in [4.69, 9.17) is 10.5 Å². The van der Waals surface area contributed by atoms with Crippen LogP contribution < -0.4 is 10.5 Å². The fourth-order valence-electron chi connectivity index (χ4n) is 1.93. The number of ether oxygens (including phenoxy) is 1. The Labute approximate surface area is 111 Å². The molecule has 0 aliphatic heterocycles. The number of rotatable bonds is 7. The lowest BCUT2D eigenvalue weighted by Gasteiger charge is -2.20. The third kappa shape index (κ3) is 4.67. The molecule has 0 aromatic heterocycles. The summed E-state index contributed by atoms with van der Waals surface area (Å²) in [5.41, 5.74) is 8.06. The van der Waals surface area contributed by atoms with Gasteiger partial charge in [0.1, 0.15) is 5.75 Å². The third-order valence-corrected chi connectivity index (χ3v) is 3.11. The summed E-state index contributed by atoms with van der Waals surface area (Å²) in [6.07, 6.45) is 1.22. The Bertz CT molecular complexity index is 364. The molecule has 0 amide bonds. The van der Waals surface area contributed by atoms with Crippen LogP contribution in [0.3, 0.4) is 0 Å². The van der Waals surface area contributed by atoms with Crippen molar-refractivity contribution in [1.82, 2.24) is 4.90 Å². The third-order valence-electron chi connectivity index (χ3n) is 3.11. The van der Waals surface area contributed by atoms with Gasteiger partial charge >= 0.3 is 0 Å². The van der Waals surface area contributed by atoms with Gasteiger partial charge in [-0.2, -0.15) is 0 Å². The van der Waals surface area contributed by atoms with Crippen LogP contribution >= 0.6 is 0 Å². The van der Waals surface area contributed by atoms with E-state index in [-0.39, 0.29) is 0 Å². The van der Waals surface area contributed by atoms with Gasteiger partial charge in [-0.15, -0.1) is 0 Å². The maximum Gasteiger partial charge on any atom is 0.123 e. The van der Waals surface area contributed by atoms with Crippen molar-refractivity contribution < 1.29 is 4.74 Å². The predicted octanol–water partition coefficient (Wildman–Crippen LogP) is 2.63. The van der Waals surface area contributed by atoms with Crippen molar-refractivity contribution in [2.24, 2.45) is 11.7 Å². The second-order valence-electron chi connectivity index (χ2n) is 5.27. The lowest BCUT2D eigenvalue weighted by Crippen LogP contribution is -2.20. The minimum atomic E-state index is 0.576. The Kier molecular flexibility index (Phi) is 6.16. The Morgan fingerprint density at radius 2 is 2.06 bits per heavy atom. The van der Waals surface area contributed by atoms with Gasteiger partial charge in [-0.1, -0.05) is 19.9 Å². The highest BCUT2D eigenvalue weighted by Gasteiger charge is 2.08. The smallest absolute Gasteiger partial charge is 0.123 e. The van der Waals surface area contributed by atoms with Gasteiger partial charge in [0, 0.05) is 18.7 Å². The molecular formula is C15H26N2O. The van der Waals surface area contributed by atoms with E-state index in [1.807, 2.05) is 12.1 Å². The first-order chi connectivity index (χ1) is 8.56. The maximum absolute atomic E-state index is 5.69. The summed E-state index contributed by atoms with van der Waals surface area (Å²) in [4.78, 5) is 2.33. The van der Waals surface area contributed by atoms with E-state index in [1.54, 1.807) is 7.11 Å². The first-order valence-electron chi connectivity index (χ1n) is 6.61. The van der Waals surface area contributed by atoms with Gasteiger partial charge in [0.25, 0.3) is 0 Å². The standard InChI is InChI=1S/C15H26N2O/c1-12(2)7-8-17(3)11-14-9-13(10-16)5-6-15(14)18-4/h5-6,9,12H,7-8,10-11,16H2,1-4H3. The average molecular weight is 250 g/mol. The summed E-state index contributed by atoms with van der Waals surface area (Å²) in [6.45, 7) is 7.09. The maximum atomic E-state index is 5.69. The second kappa shape index (κ2) is 7.39. The van der Waals surface area contributed by atoms with Crippen LogP contribution in [-0.2, 0) is 13.1 Å². The van der Waals surface area contributed by atoms with Crippen LogP contribution in [0, 0.1) is 5.92 Å². The highest BCUT2D eigenvalue weighted by molar-refractivity contribution is 5.37. The summed E-state index contributed by atoms with van der Waals surface area (Å²) in [5, 5.41) is 0. The molecule has 0 saturated carbocycles. The molecule has 0 saturated heterocycles. The van der Waals surface area contributed by atoms with Crippen LogP contribution in [0.15, 0.2) is 18.2 Å². The molecular weight excluding hydrogens is 224 g/mol. The Balaban J connectivity index is 2.69. The summed E-state index contributed by atoms with van der Waals surface area (Å²) >= 11 is 0. The molecule has 1 aromatic carbocycles. The molecule has 102 valence electrons. The predicted molar refractivity (Wildman–Crippen MR) is 76.7 cm³/mol. The van der Waals surface area contributed by atoms with Gasteiger partial charge in [-0.25, -0.2) is 0 Å². The van der Waals surface area contributed by atoms with E-state index in [9.17, 15) is 0 Å². The summed E-state index contributed by atoms with van der Waals surface area (Å²) in [6, 6.07) is 6.18. The van der Waals surface area contributed by atoms with Gasteiger partial charge in [0.15, 0.2) is 0 Å². The SMILES string of the molecule is COc1ccc(CN)cc1CN(C)CCC(C)C. The highest BCUT2D eigenvalue weighted by Crippen LogP contribution is 2.21. The molecule has 18 heavy (non-hydrogen) atoms. The van der Waals surface area contributed by atoms with Crippen LogP contribution in [-0.4, -0.2) is 25.6 Å². The monoisotopic (exact) mass is 250 g/mol. The number of methoxy groups -OCH3 is 1. The van der Waals surface area contributed by atoms with Gasteiger partial charge in [-0.3, -0.25) is 0 Å². The number of hydrogen-bond acceptors (Lipinski definition) is 3. The largest absolute Gasteiger partial charge is 0.496 e. The summed E-state index contributed by atoms with van der Waals surface area (Å²) in [5.74, 6) is 1.69. The van der Waals surface area contributed by atoms with Crippen LogP contribution in [0.5, 0.6) is 5.75 Å². The molecule has 0 bridgehead atoms. The zero-order valence-corrected chi connectivity index (χ0v) is 12.1. The van der Waals surface area contributed by atoms with Gasteiger partial charge in [0.05, 0.1) is 7.11 Å². The fourth-order valence-corrected chi connectivity index (χ4v) is 1.93. The first-order valence-corrected chi connectivity index (χ1v) is 6.61. The fraction of sp³-hybridized carbons (Fsp3) is 0.600. The van der Waals surface area contributed by atoms with Crippen LogP contribution in [0.1, 0.15) is 31.4 Å². The molecule has 0 aliphatic rings. The summed E-state index contributed by atoms with van der Waals surface area (Å²) < 4.78 is 5.40. The quantitative estimate of drug-likeness (QED) is 0.808. The molecule has 0 atom stereocenters. The van der Waals surface area contributed by atoms with Crippen LogP contribution in [0.4, 0.5) is 0 Å². The zero-order chi connectivity index (χ0) is 13.5. The highest BCUT2D eigenvalue weighted by atomic mass is 16.5. The van der Waals surface area contributed by atoms with E-state index in [0.717, 1.165) is 30.3 Å². The van der Waals surface area contributed by atoms with E-state index in [2.05, 4.69) is 31.9 Å². The minimum Gasteiger partial charge on any atom is -0.496 e. The topological polar surface area (TPSA) is 38.5 Å². The van der Waals surface area contributed by atoms with Crippen molar-refractivity contribution in [1.29, 1.82) is 0 Å². The molecule has 3 heteroatoms. The van der Waals surface area contributed by atoms with E-state index < -0.39 is 0 Å². The van der Waals surface area contributed by atoms with E-state index in [0.29, 0.717) is 6.54 Å². The lowest BCUT2D eigenvalue weighted by molar-refractivity contribution is 0.297. The van der Waals surface area contributed by atoms with Crippen molar-refractivity contribution in [3.8, 4) is 5.75 Å². The second-order valence-corrected chi connectivity index (χ2v) is 5.27. The molecule has 0 spiro atoms. The van der Waals surface area contributed by atoms with E-state index in [1.165, 1.54) is 12.0 Å². The Hall–Kier alpha value is -1.06. The van der Waals surface area contributed by atoms with Crippen molar-refractivity contribution in [3.63, 3.8) is 0 Å². The van der Waals surface area contributed by atoms with Crippen LogP contribution in [0.2, 0.25) is 0 Å². The molecule has 0 unspecified atom stereocenters. The molecule has 0 heterocycles. The molecule has 0 radical (unpaired) electrons. The Morgan fingerprint density at radius 3 is 2.61 bits per heavy atom. The molecule has 0 aliphatic carbocycles. The first kappa shape index (κ1) is 15.0. The lowest BCUT2D eigenvalue weighted by atomic mass is 10.1. The molecule has 1 rings (SSSR count). The number of nitrogens with two attached hydrogens (primary N) is 1. The number of nitrogens with zero attached hydrogens (tertiary/aromatic N) is 1. The summed E-state index contributed by atoms with van der Waals surface area (Å²) in [7, 11) is 3.87. The van der Waals surface area contributed by atoms with Crippen molar-refractivity contribution >= 4 is 0 Å². The van der Waals surface area contributed by atoms with Crippen LogP contribution in [0.25, 0.3) is 0 Å². The number of benzene rings is 1. The average Bonchev–Trinajstić information content (AvgIpc) is 2.36.